The number of aliphatic hydroxyl groups is 1. The lowest BCUT2D eigenvalue weighted by molar-refractivity contribution is -0.133. The van der Waals surface area contributed by atoms with Gasteiger partial charge in [0.15, 0.2) is 0 Å². The number of unbranched alkanes of at least 4 members (excludes halogenated alkanes) is 6. The molecular formula is C21H39N5O6. The molecule has 0 aromatic rings. The van der Waals surface area contributed by atoms with Crippen LogP contribution in [0.1, 0.15) is 84.0 Å². The van der Waals surface area contributed by atoms with Gasteiger partial charge in [-0.3, -0.25) is 24.0 Å². The van der Waals surface area contributed by atoms with Crippen LogP contribution in [0.5, 0.6) is 0 Å². The Morgan fingerprint density at radius 2 is 1.34 bits per heavy atom. The fourth-order valence-corrected chi connectivity index (χ4v) is 3.16. The number of nitrogens with two attached hydrogens (primary N) is 3. The van der Waals surface area contributed by atoms with Gasteiger partial charge in [-0.2, -0.15) is 0 Å². The van der Waals surface area contributed by atoms with Gasteiger partial charge in [-0.05, 0) is 12.8 Å². The molecule has 0 aliphatic carbocycles. The highest BCUT2D eigenvalue weighted by molar-refractivity contribution is 5.94. The van der Waals surface area contributed by atoms with Gasteiger partial charge in [0.25, 0.3) is 0 Å². The van der Waals surface area contributed by atoms with Crippen molar-refractivity contribution < 1.29 is 29.1 Å². The molecule has 0 unspecified atom stereocenters. The van der Waals surface area contributed by atoms with Crippen LogP contribution in [0.3, 0.4) is 0 Å². The highest BCUT2D eigenvalue weighted by Crippen LogP contribution is 2.11. The van der Waals surface area contributed by atoms with Crippen LogP contribution in [0.25, 0.3) is 0 Å². The summed E-state index contributed by atoms with van der Waals surface area (Å²) in [6.45, 7) is 2.15. The summed E-state index contributed by atoms with van der Waals surface area (Å²) in [5, 5.41) is 14.7. The van der Waals surface area contributed by atoms with Crippen molar-refractivity contribution in [3.63, 3.8) is 0 Å². The minimum absolute atomic E-state index is 0.120. The first kappa shape index (κ1) is 29.3. The van der Waals surface area contributed by atoms with Gasteiger partial charge in [-0.1, -0.05) is 51.9 Å². The van der Waals surface area contributed by atoms with E-state index in [1.807, 2.05) is 0 Å². The smallest absolute Gasteiger partial charge is 0.243 e. The van der Waals surface area contributed by atoms with Crippen molar-refractivity contribution >= 4 is 29.5 Å². The van der Waals surface area contributed by atoms with E-state index in [2.05, 4.69) is 17.6 Å². The van der Waals surface area contributed by atoms with E-state index in [0.29, 0.717) is 6.42 Å². The molecule has 0 aromatic heterocycles. The van der Waals surface area contributed by atoms with Crippen molar-refractivity contribution in [3.05, 3.63) is 0 Å². The number of primary amides is 3. The maximum absolute atomic E-state index is 12.5. The number of hydrogen-bond acceptors (Lipinski definition) is 6. The van der Waals surface area contributed by atoms with Gasteiger partial charge in [-0.15, -0.1) is 0 Å². The van der Waals surface area contributed by atoms with Crippen molar-refractivity contribution in [1.29, 1.82) is 0 Å². The molecule has 5 amide bonds. The van der Waals surface area contributed by atoms with Gasteiger partial charge >= 0.3 is 0 Å². The third-order valence-electron chi connectivity index (χ3n) is 4.96. The predicted octanol–water partition coefficient (Wildman–Crippen LogP) is -0.526. The molecule has 0 spiro atoms. The second-order valence-corrected chi connectivity index (χ2v) is 8.03. The Morgan fingerprint density at radius 3 is 1.88 bits per heavy atom. The highest BCUT2D eigenvalue weighted by atomic mass is 16.3. The Balaban J connectivity index is 4.62. The molecule has 0 bridgehead atoms. The molecule has 3 atom stereocenters. The molecule has 11 heteroatoms. The zero-order valence-electron chi connectivity index (χ0n) is 18.9. The van der Waals surface area contributed by atoms with Crippen molar-refractivity contribution in [3.8, 4) is 0 Å². The monoisotopic (exact) mass is 457 g/mol. The highest BCUT2D eigenvalue weighted by Gasteiger charge is 2.27. The summed E-state index contributed by atoms with van der Waals surface area (Å²) in [6, 6.07) is -2.55. The number of amides is 5. The molecule has 0 heterocycles. The van der Waals surface area contributed by atoms with Gasteiger partial charge in [0.05, 0.1) is 18.9 Å². The molecule has 0 aliphatic heterocycles. The maximum atomic E-state index is 12.5. The predicted molar refractivity (Wildman–Crippen MR) is 119 cm³/mol. The molecule has 0 rings (SSSR count). The van der Waals surface area contributed by atoms with Crippen LogP contribution in [-0.4, -0.2) is 52.8 Å². The van der Waals surface area contributed by atoms with Gasteiger partial charge < -0.3 is 32.9 Å². The molecular weight excluding hydrogens is 418 g/mol. The van der Waals surface area contributed by atoms with Crippen LogP contribution in [0.2, 0.25) is 0 Å². The fourth-order valence-electron chi connectivity index (χ4n) is 3.16. The number of hydrogen-bond donors (Lipinski definition) is 6. The SMILES string of the molecule is CCCCCCCCC[C@H](O)CC(=O)N[C@H](CC(N)=O)C(=O)N[C@H](CCC(N)=O)C(N)=O. The Kier molecular flexibility index (Phi) is 15.5. The maximum Gasteiger partial charge on any atom is 0.243 e. The first-order valence-corrected chi connectivity index (χ1v) is 11.2. The summed E-state index contributed by atoms with van der Waals surface area (Å²) in [7, 11) is 0. The topological polar surface area (TPSA) is 208 Å². The first-order valence-electron chi connectivity index (χ1n) is 11.2. The standard InChI is InChI=1S/C21H39N5O6/c1-2-3-4-5-6-7-8-9-14(27)12-19(30)25-16(13-18(23)29)21(32)26-15(20(24)31)10-11-17(22)28/h14-16,27H,2-13H2,1H3,(H2,22,28)(H2,23,29)(H2,24,31)(H,25,30)(H,26,32)/t14-,15+,16+/m0/s1. The number of aliphatic hydroxyl groups excluding tert-OH is 1. The molecule has 32 heavy (non-hydrogen) atoms. The van der Waals surface area contributed by atoms with Crippen molar-refractivity contribution in [2.24, 2.45) is 17.2 Å². The number of carbonyl (C=O) groups is 5. The summed E-state index contributed by atoms with van der Waals surface area (Å²) in [5.74, 6) is -3.90. The number of carbonyl (C=O) groups excluding carboxylic acids is 5. The third-order valence-corrected chi connectivity index (χ3v) is 4.96. The van der Waals surface area contributed by atoms with E-state index in [9.17, 15) is 29.1 Å². The Morgan fingerprint density at radius 1 is 0.750 bits per heavy atom. The largest absolute Gasteiger partial charge is 0.393 e. The van der Waals surface area contributed by atoms with E-state index >= 15 is 0 Å². The fraction of sp³-hybridized carbons (Fsp3) is 0.762. The van der Waals surface area contributed by atoms with E-state index in [0.717, 1.165) is 25.7 Å². The number of nitrogens with one attached hydrogen (secondary N) is 2. The van der Waals surface area contributed by atoms with E-state index in [-0.39, 0.29) is 19.3 Å². The first-order chi connectivity index (χ1) is 15.1. The molecule has 0 aliphatic rings. The number of rotatable bonds is 19. The summed E-state index contributed by atoms with van der Waals surface area (Å²) in [5.41, 5.74) is 15.4. The Labute approximate surface area is 189 Å². The second kappa shape index (κ2) is 16.9. The van der Waals surface area contributed by atoms with Crippen LogP contribution in [0.15, 0.2) is 0 Å². The Bertz CT molecular complexity index is 628. The lowest BCUT2D eigenvalue weighted by atomic mass is 10.0. The lowest BCUT2D eigenvalue weighted by Gasteiger charge is -2.21. The normalized spacial score (nSPS) is 13.6. The van der Waals surface area contributed by atoms with Crippen molar-refractivity contribution in [1.82, 2.24) is 10.6 Å². The van der Waals surface area contributed by atoms with E-state index < -0.39 is 54.1 Å². The molecule has 0 saturated heterocycles. The van der Waals surface area contributed by atoms with Crippen LogP contribution >= 0.6 is 0 Å². The molecule has 184 valence electrons. The van der Waals surface area contributed by atoms with Crippen molar-refractivity contribution in [2.75, 3.05) is 0 Å². The molecule has 0 saturated carbocycles. The van der Waals surface area contributed by atoms with Crippen LogP contribution in [0, 0.1) is 0 Å². The van der Waals surface area contributed by atoms with E-state index in [1.165, 1.54) is 19.3 Å². The average molecular weight is 458 g/mol. The molecule has 0 fully saturated rings. The average Bonchev–Trinajstić information content (AvgIpc) is 2.68. The zero-order chi connectivity index (χ0) is 24.5. The lowest BCUT2D eigenvalue weighted by Crippen LogP contribution is -2.54. The summed E-state index contributed by atoms with van der Waals surface area (Å²) in [4.78, 5) is 58.4. The van der Waals surface area contributed by atoms with Crippen LogP contribution in [-0.2, 0) is 24.0 Å². The Hall–Kier alpha value is -2.69. The van der Waals surface area contributed by atoms with Crippen LogP contribution < -0.4 is 27.8 Å². The summed E-state index contributed by atoms with van der Waals surface area (Å²) >= 11 is 0. The zero-order valence-corrected chi connectivity index (χ0v) is 18.9. The molecule has 9 N–H and O–H groups in total. The minimum Gasteiger partial charge on any atom is -0.393 e. The van der Waals surface area contributed by atoms with E-state index in [4.69, 9.17) is 17.2 Å². The molecule has 0 radical (unpaired) electrons. The quantitative estimate of drug-likeness (QED) is 0.140. The molecule has 0 aromatic carbocycles. The minimum atomic E-state index is -1.35. The van der Waals surface area contributed by atoms with Gasteiger partial charge in [0.1, 0.15) is 12.1 Å². The molecule has 11 nitrogen and oxygen atoms in total. The van der Waals surface area contributed by atoms with E-state index in [1.54, 1.807) is 0 Å². The second-order valence-electron chi connectivity index (χ2n) is 8.03. The van der Waals surface area contributed by atoms with Gasteiger partial charge in [0.2, 0.25) is 29.5 Å². The van der Waals surface area contributed by atoms with Gasteiger partial charge in [-0.25, -0.2) is 0 Å². The van der Waals surface area contributed by atoms with Gasteiger partial charge in [0, 0.05) is 6.42 Å². The third kappa shape index (κ3) is 15.2. The summed E-state index contributed by atoms with van der Waals surface area (Å²) < 4.78 is 0. The summed E-state index contributed by atoms with van der Waals surface area (Å²) in [6.07, 6.45) is 6.10. The van der Waals surface area contributed by atoms with Crippen LogP contribution in [0.4, 0.5) is 0 Å². The van der Waals surface area contributed by atoms with Crippen molar-refractivity contribution in [2.45, 2.75) is 102 Å².